The van der Waals surface area contributed by atoms with E-state index in [1.807, 2.05) is 24.3 Å². The van der Waals surface area contributed by atoms with E-state index < -0.39 is 23.5 Å². The number of hydrogen-bond donors (Lipinski definition) is 3. The molecule has 0 bridgehead atoms. The summed E-state index contributed by atoms with van der Waals surface area (Å²) in [4.78, 5) is 25.6. The normalized spacial score (nSPS) is 18.0. The molecule has 5 rings (SSSR count). The Morgan fingerprint density at radius 2 is 1.77 bits per heavy atom. The number of halogens is 3. The quantitative estimate of drug-likeness (QED) is 0.390. The zero-order valence-corrected chi connectivity index (χ0v) is 22.5. The lowest BCUT2D eigenvalue weighted by molar-refractivity contribution is -0.137. The van der Waals surface area contributed by atoms with Crippen molar-refractivity contribution in [3.05, 3.63) is 59.8 Å². The molecule has 1 amide bonds. The fourth-order valence-corrected chi connectivity index (χ4v) is 4.80. The first-order chi connectivity index (χ1) is 19.1. The molecule has 3 aromatic rings. The molecule has 1 atom stereocenters. The number of carbonyl (C=O) groups is 1. The van der Waals surface area contributed by atoms with Gasteiger partial charge in [0.2, 0.25) is 5.95 Å². The number of amides is 1. The maximum atomic E-state index is 13.9. The first-order valence-electron chi connectivity index (χ1n) is 13.2. The molecule has 2 aliphatic rings. The number of nitrogens with zero attached hydrogens (tertiary/aromatic N) is 4. The third kappa shape index (κ3) is 6.06. The number of ether oxygens (including phenoxy) is 1. The van der Waals surface area contributed by atoms with Crippen LogP contribution < -0.4 is 25.6 Å². The van der Waals surface area contributed by atoms with E-state index in [1.54, 1.807) is 19.1 Å². The highest BCUT2D eigenvalue weighted by molar-refractivity contribution is 6.03. The average Bonchev–Trinajstić information content (AvgIpc) is 3.06. The minimum atomic E-state index is -4.72. The number of rotatable bonds is 6. The van der Waals surface area contributed by atoms with Crippen LogP contribution >= 0.6 is 0 Å². The number of benzene rings is 2. The first-order valence-corrected chi connectivity index (χ1v) is 13.2. The van der Waals surface area contributed by atoms with Crippen molar-refractivity contribution in [3.63, 3.8) is 0 Å². The predicted molar refractivity (Wildman–Crippen MR) is 148 cm³/mol. The number of nitrogens with one attached hydrogen (secondary N) is 3. The number of fused-ring (bicyclic) bond motifs is 1. The van der Waals surface area contributed by atoms with Crippen molar-refractivity contribution >= 4 is 34.7 Å². The molecule has 12 heteroatoms. The third-order valence-corrected chi connectivity index (χ3v) is 7.00. The lowest BCUT2D eigenvalue weighted by atomic mass is 10.1. The van der Waals surface area contributed by atoms with Crippen LogP contribution in [0.2, 0.25) is 0 Å². The third-order valence-electron chi connectivity index (χ3n) is 7.00. The van der Waals surface area contributed by atoms with Gasteiger partial charge in [-0.05, 0) is 57.2 Å². The molecule has 1 saturated heterocycles. The minimum Gasteiger partial charge on any atom is -0.491 e. The maximum Gasteiger partial charge on any atom is 0.421 e. The number of alkyl halides is 3. The van der Waals surface area contributed by atoms with Gasteiger partial charge in [-0.3, -0.25) is 9.69 Å². The van der Waals surface area contributed by atoms with Gasteiger partial charge in [0.25, 0.3) is 5.91 Å². The Labute approximate surface area is 230 Å². The van der Waals surface area contributed by atoms with Crippen LogP contribution in [0.1, 0.15) is 36.7 Å². The number of hydrogen-bond acceptors (Lipinski definition) is 8. The Hall–Kier alpha value is -4.06. The van der Waals surface area contributed by atoms with Gasteiger partial charge in [-0.1, -0.05) is 6.07 Å². The molecule has 0 saturated carbocycles. The van der Waals surface area contributed by atoms with Crippen LogP contribution in [0.3, 0.4) is 0 Å². The molecule has 3 N–H and O–H groups in total. The first kappa shape index (κ1) is 27.5. The molecule has 3 heterocycles. The van der Waals surface area contributed by atoms with Crippen LogP contribution in [0.25, 0.3) is 0 Å². The Morgan fingerprint density at radius 3 is 2.45 bits per heavy atom. The smallest absolute Gasteiger partial charge is 0.421 e. The summed E-state index contributed by atoms with van der Waals surface area (Å²) in [6.45, 7) is 10.2. The SMILES string of the molecule is CC(C)N1CCN(c2ccc(Nc3ncc(C(F)(F)F)c(Nc4cccc5c4C(=O)N[C@@H](C)CO5)n3)cc2)CC1. The van der Waals surface area contributed by atoms with Gasteiger partial charge in [0.05, 0.1) is 11.7 Å². The fraction of sp³-hybridized carbons (Fsp3) is 0.393. The molecule has 1 aromatic heterocycles. The van der Waals surface area contributed by atoms with Crippen molar-refractivity contribution < 1.29 is 22.7 Å². The molecular formula is C28H32F3N7O2. The van der Waals surface area contributed by atoms with Crippen LogP contribution in [0.5, 0.6) is 5.75 Å². The van der Waals surface area contributed by atoms with Crippen LogP contribution in [-0.2, 0) is 6.18 Å². The van der Waals surface area contributed by atoms with Crippen molar-refractivity contribution in [2.45, 2.75) is 39.0 Å². The number of piperazine rings is 1. The summed E-state index contributed by atoms with van der Waals surface area (Å²) in [6, 6.07) is 12.6. The summed E-state index contributed by atoms with van der Waals surface area (Å²) in [5.74, 6) is -0.679. The monoisotopic (exact) mass is 555 g/mol. The summed E-state index contributed by atoms with van der Waals surface area (Å²) in [6.07, 6.45) is -4.00. The second kappa shape index (κ2) is 11.2. The molecule has 2 aliphatic heterocycles. The van der Waals surface area contributed by atoms with Crippen molar-refractivity contribution in [1.82, 2.24) is 20.2 Å². The second-order valence-corrected chi connectivity index (χ2v) is 10.2. The van der Waals surface area contributed by atoms with E-state index in [9.17, 15) is 18.0 Å². The highest BCUT2D eigenvalue weighted by Crippen LogP contribution is 2.37. The maximum absolute atomic E-state index is 13.9. The average molecular weight is 556 g/mol. The highest BCUT2D eigenvalue weighted by Gasteiger charge is 2.36. The number of aromatic nitrogens is 2. The van der Waals surface area contributed by atoms with Crippen molar-refractivity contribution in [2.75, 3.05) is 48.3 Å². The van der Waals surface area contributed by atoms with Gasteiger partial charge in [0, 0.05) is 49.8 Å². The topological polar surface area (TPSA) is 94.7 Å². The lowest BCUT2D eigenvalue weighted by Crippen LogP contribution is -2.48. The number of carbonyl (C=O) groups excluding carboxylic acids is 1. The van der Waals surface area contributed by atoms with Gasteiger partial charge >= 0.3 is 6.18 Å². The van der Waals surface area contributed by atoms with Crippen LogP contribution in [0, 0.1) is 0 Å². The van der Waals surface area contributed by atoms with E-state index in [1.165, 1.54) is 6.07 Å². The largest absolute Gasteiger partial charge is 0.491 e. The van der Waals surface area contributed by atoms with Crippen LogP contribution in [0.4, 0.5) is 42.0 Å². The predicted octanol–water partition coefficient (Wildman–Crippen LogP) is 5.02. The van der Waals surface area contributed by atoms with Crippen LogP contribution in [-0.4, -0.2) is 65.6 Å². The summed E-state index contributed by atoms with van der Waals surface area (Å²) < 4.78 is 47.3. The van der Waals surface area contributed by atoms with E-state index in [-0.39, 0.29) is 35.6 Å². The molecule has 2 aromatic carbocycles. The highest BCUT2D eigenvalue weighted by atomic mass is 19.4. The Kier molecular flexibility index (Phi) is 7.70. The van der Waals surface area contributed by atoms with Crippen molar-refractivity contribution in [3.8, 4) is 5.75 Å². The molecule has 0 aliphatic carbocycles. The summed E-state index contributed by atoms with van der Waals surface area (Å²) >= 11 is 0. The molecule has 1 fully saturated rings. The van der Waals surface area contributed by atoms with Gasteiger partial charge in [-0.15, -0.1) is 0 Å². The second-order valence-electron chi connectivity index (χ2n) is 10.2. The Balaban J connectivity index is 1.37. The molecule has 40 heavy (non-hydrogen) atoms. The molecular weight excluding hydrogens is 523 g/mol. The van der Waals surface area contributed by atoms with Gasteiger partial charge in [0.1, 0.15) is 29.3 Å². The molecule has 212 valence electrons. The minimum absolute atomic E-state index is 0.0230. The van der Waals surface area contributed by atoms with Crippen LogP contribution in [0.15, 0.2) is 48.7 Å². The van der Waals surface area contributed by atoms with E-state index in [0.717, 1.165) is 38.1 Å². The summed E-state index contributed by atoms with van der Waals surface area (Å²) in [7, 11) is 0. The lowest BCUT2D eigenvalue weighted by Gasteiger charge is -2.38. The van der Waals surface area contributed by atoms with Gasteiger partial charge in [-0.25, -0.2) is 4.98 Å². The molecule has 0 unspecified atom stereocenters. The van der Waals surface area contributed by atoms with E-state index in [0.29, 0.717) is 11.7 Å². The molecule has 0 spiro atoms. The Morgan fingerprint density at radius 1 is 1.05 bits per heavy atom. The van der Waals surface area contributed by atoms with Gasteiger partial charge in [-0.2, -0.15) is 18.2 Å². The molecule has 0 radical (unpaired) electrons. The molecule has 9 nitrogen and oxygen atoms in total. The number of anilines is 5. The van der Waals surface area contributed by atoms with Crippen molar-refractivity contribution in [2.24, 2.45) is 0 Å². The summed E-state index contributed by atoms with van der Waals surface area (Å²) in [5, 5.41) is 8.47. The van der Waals surface area contributed by atoms with Gasteiger partial charge in [0.15, 0.2) is 0 Å². The van der Waals surface area contributed by atoms with Gasteiger partial charge < -0.3 is 25.6 Å². The fourth-order valence-electron chi connectivity index (χ4n) is 4.80. The van der Waals surface area contributed by atoms with E-state index in [2.05, 4.69) is 49.6 Å². The zero-order chi connectivity index (χ0) is 28.4. The summed E-state index contributed by atoms with van der Waals surface area (Å²) in [5.41, 5.74) is 0.892. The Bertz CT molecular complexity index is 1360. The van der Waals surface area contributed by atoms with E-state index in [4.69, 9.17) is 4.74 Å². The zero-order valence-electron chi connectivity index (χ0n) is 22.5. The van der Waals surface area contributed by atoms with Crippen molar-refractivity contribution in [1.29, 1.82) is 0 Å². The standard InChI is InChI=1S/C28H32F3N7O2/c1-17(2)37-11-13-38(14-12-37)20-9-7-19(8-10-20)34-27-32-15-21(28(29,30)31)25(36-27)35-22-5-4-6-23-24(22)26(39)33-18(3)16-40-23/h4-10,15,17-18H,11-14,16H2,1-3H3,(H,33,39)(H2,32,34,35,36)/t18-/m0/s1. The van der Waals surface area contributed by atoms with E-state index >= 15 is 0 Å².